The van der Waals surface area contributed by atoms with Gasteiger partial charge in [-0.15, -0.1) is 0 Å². The number of nitrogens with one attached hydrogen (secondary N) is 1. The van der Waals surface area contributed by atoms with Crippen LogP contribution in [0.1, 0.15) is 25.8 Å². The van der Waals surface area contributed by atoms with Crippen molar-refractivity contribution in [3.8, 4) is 5.88 Å². The molecule has 1 aliphatic rings. The number of aromatic nitrogens is 1. The van der Waals surface area contributed by atoms with Crippen molar-refractivity contribution >= 4 is 0 Å². The van der Waals surface area contributed by atoms with E-state index in [0.29, 0.717) is 18.5 Å². The summed E-state index contributed by atoms with van der Waals surface area (Å²) in [5.74, 6) is 0.698. The average Bonchev–Trinajstić information content (AvgIpc) is 2.80. The van der Waals surface area contributed by atoms with Crippen LogP contribution in [0.15, 0.2) is 18.3 Å². The highest BCUT2D eigenvalue weighted by Crippen LogP contribution is 2.15. The fourth-order valence-corrected chi connectivity index (χ4v) is 1.72. The van der Waals surface area contributed by atoms with E-state index < -0.39 is 0 Å². The van der Waals surface area contributed by atoms with E-state index in [-0.39, 0.29) is 6.10 Å². The van der Waals surface area contributed by atoms with Gasteiger partial charge >= 0.3 is 0 Å². The highest BCUT2D eigenvalue weighted by molar-refractivity contribution is 5.20. The van der Waals surface area contributed by atoms with Gasteiger partial charge < -0.3 is 14.8 Å². The summed E-state index contributed by atoms with van der Waals surface area (Å²) in [5.41, 5.74) is 1.20. The van der Waals surface area contributed by atoms with Gasteiger partial charge in [-0.05, 0) is 11.6 Å². The normalized spacial score (nSPS) is 19.8. The van der Waals surface area contributed by atoms with Gasteiger partial charge in [0.15, 0.2) is 0 Å². The lowest BCUT2D eigenvalue weighted by Gasteiger charge is -2.12. The van der Waals surface area contributed by atoms with E-state index in [9.17, 15) is 0 Å². The van der Waals surface area contributed by atoms with Crippen molar-refractivity contribution in [3.63, 3.8) is 0 Å². The predicted molar refractivity (Wildman–Crippen MR) is 66.1 cm³/mol. The highest BCUT2D eigenvalue weighted by Gasteiger charge is 2.17. The van der Waals surface area contributed by atoms with E-state index in [4.69, 9.17) is 9.47 Å². The first kappa shape index (κ1) is 12.3. The minimum atomic E-state index is 0.163. The maximum atomic E-state index is 5.76. The maximum absolute atomic E-state index is 5.76. The Morgan fingerprint density at radius 3 is 3.18 bits per heavy atom. The molecule has 1 aromatic heterocycles. The zero-order chi connectivity index (χ0) is 12.1. The van der Waals surface area contributed by atoms with Gasteiger partial charge in [0.1, 0.15) is 6.10 Å². The van der Waals surface area contributed by atoms with Crippen molar-refractivity contribution in [2.45, 2.75) is 39.0 Å². The van der Waals surface area contributed by atoms with E-state index in [0.717, 1.165) is 19.6 Å². The molecule has 0 bridgehead atoms. The first-order valence-corrected chi connectivity index (χ1v) is 6.17. The third kappa shape index (κ3) is 3.98. The SMILES string of the molecule is CC(C)NCc1ccnc(OC2CCOC2)c1. The molecule has 0 aromatic carbocycles. The number of ether oxygens (including phenoxy) is 2. The van der Waals surface area contributed by atoms with Crippen LogP contribution in [-0.2, 0) is 11.3 Å². The molecule has 1 unspecified atom stereocenters. The van der Waals surface area contributed by atoms with Crippen LogP contribution in [0.3, 0.4) is 0 Å². The molecule has 2 heterocycles. The van der Waals surface area contributed by atoms with Crippen molar-refractivity contribution in [2.75, 3.05) is 13.2 Å². The second-order valence-electron chi connectivity index (χ2n) is 4.64. The second kappa shape index (κ2) is 5.98. The Morgan fingerprint density at radius 1 is 1.59 bits per heavy atom. The van der Waals surface area contributed by atoms with Crippen LogP contribution < -0.4 is 10.1 Å². The second-order valence-corrected chi connectivity index (χ2v) is 4.64. The molecule has 0 radical (unpaired) electrons. The molecule has 4 heteroatoms. The van der Waals surface area contributed by atoms with Crippen molar-refractivity contribution < 1.29 is 9.47 Å². The maximum Gasteiger partial charge on any atom is 0.213 e. The molecule has 1 saturated heterocycles. The largest absolute Gasteiger partial charge is 0.472 e. The molecule has 0 spiro atoms. The number of rotatable bonds is 5. The van der Waals surface area contributed by atoms with E-state index in [1.54, 1.807) is 6.20 Å². The zero-order valence-electron chi connectivity index (χ0n) is 10.5. The molecule has 1 aromatic rings. The summed E-state index contributed by atoms with van der Waals surface area (Å²) in [6.45, 7) is 6.58. The molecule has 1 aliphatic heterocycles. The van der Waals surface area contributed by atoms with Crippen LogP contribution in [0.25, 0.3) is 0 Å². The minimum absolute atomic E-state index is 0.163. The summed E-state index contributed by atoms with van der Waals surface area (Å²) in [6.07, 6.45) is 2.91. The van der Waals surface area contributed by atoms with Gasteiger partial charge in [-0.3, -0.25) is 0 Å². The first-order valence-electron chi connectivity index (χ1n) is 6.17. The van der Waals surface area contributed by atoms with E-state index in [1.165, 1.54) is 5.56 Å². The molecule has 2 rings (SSSR count). The van der Waals surface area contributed by atoms with E-state index >= 15 is 0 Å². The molecule has 1 atom stereocenters. The summed E-state index contributed by atoms with van der Waals surface area (Å²) < 4.78 is 11.0. The Balaban J connectivity index is 1.91. The number of pyridine rings is 1. The Morgan fingerprint density at radius 2 is 2.47 bits per heavy atom. The summed E-state index contributed by atoms with van der Waals surface area (Å²) in [6, 6.07) is 4.48. The van der Waals surface area contributed by atoms with Crippen molar-refractivity contribution in [3.05, 3.63) is 23.9 Å². The Kier molecular flexibility index (Phi) is 4.34. The number of hydrogen-bond donors (Lipinski definition) is 1. The highest BCUT2D eigenvalue weighted by atomic mass is 16.5. The Labute approximate surface area is 102 Å². The minimum Gasteiger partial charge on any atom is -0.472 e. The van der Waals surface area contributed by atoms with Gasteiger partial charge in [-0.1, -0.05) is 13.8 Å². The molecule has 0 amide bonds. The first-order chi connectivity index (χ1) is 8.24. The van der Waals surface area contributed by atoms with Gasteiger partial charge in [0.25, 0.3) is 0 Å². The van der Waals surface area contributed by atoms with Crippen LogP contribution in [0.4, 0.5) is 0 Å². The monoisotopic (exact) mass is 236 g/mol. The molecule has 1 N–H and O–H groups in total. The van der Waals surface area contributed by atoms with Crippen LogP contribution >= 0.6 is 0 Å². The average molecular weight is 236 g/mol. The predicted octanol–water partition coefficient (Wildman–Crippen LogP) is 1.75. The van der Waals surface area contributed by atoms with Gasteiger partial charge in [0, 0.05) is 31.3 Å². The molecule has 0 saturated carbocycles. The van der Waals surface area contributed by atoms with Crippen LogP contribution in [0.5, 0.6) is 5.88 Å². The van der Waals surface area contributed by atoms with Crippen molar-refractivity contribution in [2.24, 2.45) is 0 Å². The van der Waals surface area contributed by atoms with Crippen LogP contribution in [0.2, 0.25) is 0 Å². The standard InChI is InChI=1S/C13H20N2O2/c1-10(2)15-8-11-3-5-14-13(7-11)17-12-4-6-16-9-12/h3,5,7,10,12,15H,4,6,8-9H2,1-2H3. The third-order valence-corrected chi connectivity index (χ3v) is 2.69. The Bertz CT molecular complexity index is 349. The van der Waals surface area contributed by atoms with Crippen molar-refractivity contribution in [1.29, 1.82) is 0 Å². The van der Waals surface area contributed by atoms with Crippen LogP contribution in [0, 0.1) is 0 Å². The van der Waals surface area contributed by atoms with Gasteiger partial charge in [0.2, 0.25) is 5.88 Å². The van der Waals surface area contributed by atoms with Gasteiger partial charge in [0.05, 0.1) is 13.2 Å². The summed E-state index contributed by atoms with van der Waals surface area (Å²) in [7, 11) is 0. The van der Waals surface area contributed by atoms with E-state index in [2.05, 4.69) is 24.1 Å². The molecule has 4 nitrogen and oxygen atoms in total. The Hall–Kier alpha value is -1.13. The topological polar surface area (TPSA) is 43.4 Å². The van der Waals surface area contributed by atoms with Gasteiger partial charge in [-0.2, -0.15) is 0 Å². The lowest BCUT2D eigenvalue weighted by Crippen LogP contribution is -2.22. The summed E-state index contributed by atoms with van der Waals surface area (Å²) in [5, 5.41) is 3.37. The quantitative estimate of drug-likeness (QED) is 0.846. The molecule has 17 heavy (non-hydrogen) atoms. The molecule has 94 valence electrons. The third-order valence-electron chi connectivity index (χ3n) is 2.69. The fourth-order valence-electron chi connectivity index (χ4n) is 1.72. The number of nitrogens with zero attached hydrogens (tertiary/aromatic N) is 1. The lowest BCUT2D eigenvalue weighted by molar-refractivity contribution is 0.138. The summed E-state index contributed by atoms with van der Waals surface area (Å²) >= 11 is 0. The molecular weight excluding hydrogens is 216 g/mol. The smallest absolute Gasteiger partial charge is 0.213 e. The molecular formula is C13H20N2O2. The zero-order valence-corrected chi connectivity index (χ0v) is 10.5. The van der Waals surface area contributed by atoms with E-state index in [1.807, 2.05) is 12.1 Å². The van der Waals surface area contributed by atoms with Crippen molar-refractivity contribution in [1.82, 2.24) is 10.3 Å². The number of hydrogen-bond acceptors (Lipinski definition) is 4. The van der Waals surface area contributed by atoms with Crippen LogP contribution in [-0.4, -0.2) is 30.3 Å². The summed E-state index contributed by atoms with van der Waals surface area (Å²) in [4.78, 5) is 4.22. The molecule has 0 aliphatic carbocycles. The molecule has 1 fully saturated rings. The lowest BCUT2D eigenvalue weighted by atomic mass is 10.2. The fraction of sp³-hybridized carbons (Fsp3) is 0.615. The van der Waals surface area contributed by atoms with Gasteiger partial charge in [-0.25, -0.2) is 4.98 Å².